The van der Waals surface area contributed by atoms with Crippen LogP contribution in [0.3, 0.4) is 0 Å². The summed E-state index contributed by atoms with van der Waals surface area (Å²) >= 11 is 5.82. The number of nitrogens with zero attached hydrogens (tertiary/aromatic N) is 1. The van der Waals surface area contributed by atoms with Gasteiger partial charge < -0.3 is 14.2 Å². The molecule has 164 valence electrons. The Hall–Kier alpha value is -2.00. The molecule has 0 amide bonds. The second kappa shape index (κ2) is 10.9. The molecule has 2 aromatic carbocycles. The van der Waals surface area contributed by atoms with Crippen LogP contribution in [0.15, 0.2) is 24.3 Å². The van der Waals surface area contributed by atoms with Crippen molar-refractivity contribution in [2.45, 2.75) is 0 Å². The Kier molecular flexibility index (Phi) is 8.78. The first kappa shape index (κ1) is 24.3. The summed E-state index contributed by atoms with van der Waals surface area (Å²) in [5.74, 6) is -7.70. The van der Waals surface area contributed by atoms with Gasteiger partial charge in [0.25, 0.3) is 0 Å². The molecular weight excluding hydrogens is 449 g/mol. The summed E-state index contributed by atoms with van der Waals surface area (Å²) in [4.78, 5) is 1.98. The Morgan fingerprint density at radius 1 is 1.03 bits per heavy atom. The largest absolute Gasteiger partial charge is 0.493 e. The number of hydrogen-bond acceptors (Lipinski definition) is 4. The minimum Gasteiger partial charge on any atom is -0.493 e. The highest BCUT2D eigenvalue weighted by Crippen LogP contribution is 2.38. The van der Waals surface area contributed by atoms with Crippen molar-refractivity contribution in [2.24, 2.45) is 0 Å². The maximum atomic E-state index is 14.5. The molecule has 0 radical (unpaired) electrons. The molecule has 1 fully saturated rings. The van der Waals surface area contributed by atoms with Gasteiger partial charge in [-0.25, -0.2) is 8.78 Å². The number of rotatable bonds is 6. The van der Waals surface area contributed by atoms with Crippen molar-refractivity contribution in [3.8, 4) is 17.2 Å². The monoisotopic (exact) mass is 467 g/mol. The Bertz CT molecular complexity index is 892. The van der Waals surface area contributed by atoms with Crippen molar-refractivity contribution in [3.63, 3.8) is 0 Å². The van der Waals surface area contributed by atoms with Crippen molar-refractivity contribution < 1.29 is 31.8 Å². The van der Waals surface area contributed by atoms with Gasteiger partial charge in [0.2, 0.25) is 17.4 Å². The molecule has 0 unspecified atom stereocenters. The predicted molar refractivity (Wildman–Crippen MR) is 108 cm³/mol. The Morgan fingerprint density at radius 2 is 1.67 bits per heavy atom. The Balaban J connectivity index is 0.00000320. The van der Waals surface area contributed by atoms with Gasteiger partial charge in [-0.3, -0.25) is 4.90 Å². The molecule has 0 atom stereocenters. The number of halogens is 6. The second-order valence-electron chi connectivity index (χ2n) is 6.21. The van der Waals surface area contributed by atoms with Crippen LogP contribution in [-0.4, -0.2) is 44.9 Å². The first-order valence-corrected chi connectivity index (χ1v) is 9.14. The van der Waals surface area contributed by atoms with Crippen molar-refractivity contribution in [3.05, 3.63) is 58.1 Å². The van der Waals surface area contributed by atoms with E-state index in [1.165, 1.54) is 31.4 Å². The number of methoxy groups -OCH3 is 1. The highest BCUT2D eigenvalue weighted by atomic mass is 35.5. The van der Waals surface area contributed by atoms with E-state index in [2.05, 4.69) is 0 Å². The van der Waals surface area contributed by atoms with Gasteiger partial charge in [-0.05, 0) is 12.1 Å². The van der Waals surface area contributed by atoms with Crippen LogP contribution in [0.25, 0.3) is 6.08 Å². The fourth-order valence-corrected chi connectivity index (χ4v) is 2.97. The molecule has 0 aliphatic carbocycles. The number of benzene rings is 2. The summed E-state index contributed by atoms with van der Waals surface area (Å²) in [7, 11) is 1.29. The second-order valence-corrected chi connectivity index (χ2v) is 6.65. The minimum absolute atomic E-state index is 0. The van der Waals surface area contributed by atoms with Crippen molar-refractivity contribution >= 4 is 30.1 Å². The number of hydrogen-bond donors (Lipinski definition) is 0. The molecule has 0 N–H and O–H groups in total. The van der Waals surface area contributed by atoms with Gasteiger partial charge in [0.05, 0.1) is 25.9 Å². The van der Waals surface area contributed by atoms with Gasteiger partial charge in [0.15, 0.2) is 23.1 Å². The highest BCUT2D eigenvalue weighted by molar-refractivity contribution is 6.30. The van der Waals surface area contributed by atoms with Crippen LogP contribution >= 0.6 is 24.0 Å². The third-order valence-electron chi connectivity index (χ3n) is 4.35. The topological polar surface area (TPSA) is 30.9 Å². The lowest BCUT2D eigenvalue weighted by Gasteiger charge is -2.25. The van der Waals surface area contributed by atoms with E-state index in [1.54, 1.807) is 0 Å². The van der Waals surface area contributed by atoms with Crippen molar-refractivity contribution in [2.75, 3.05) is 40.0 Å². The van der Waals surface area contributed by atoms with Crippen LogP contribution in [0.1, 0.15) is 5.56 Å². The summed E-state index contributed by atoms with van der Waals surface area (Å²) in [6.07, 6.45) is 2.45. The highest BCUT2D eigenvalue weighted by Gasteiger charge is 2.26. The van der Waals surface area contributed by atoms with Crippen LogP contribution in [0.4, 0.5) is 17.6 Å². The summed E-state index contributed by atoms with van der Waals surface area (Å²) in [5.41, 5.74) is -0.816. The maximum Gasteiger partial charge on any atom is 0.205 e. The summed E-state index contributed by atoms with van der Waals surface area (Å²) in [6.45, 7) is 2.80. The molecule has 3 rings (SSSR count). The molecule has 30 heavy (non-hydrogen) atoms. The van der Waals surface area contributed by atoms with Gasteiger partial charge >= 0.3 is 0 Å². The Labute approximate surface area is 182 Å². The summed E-state index contributed by atoms with van der Waals surface area (Å²) < 4.78 is 73.0. The SMILES string of the molecule is COc1cc(Cl)ccc1Oc1c(F)c(F)c(/C=C/CN2CCOCC2)c(F)c1F.Cl. The van der Waals surface area contributed by atoms with Gasteiger partial charge in [-0.2, -0.15) is 8.78 Å². The number of ether oxygens (including phenoxy) is 3. The number of morpholine rings is 1. The van der Waals surface area contributed by atoms with Crippen LogP contribution in [-0.2, 0) is 4.74 Å². The fraction of sp³-hybridized carbons (Fsp3) is 0.300. The standard InChI is InChI=1S/C20H18ClF4NO3.ClH/c1-27-15-11-12(21)4-5-14(15)29-20-18(24)16(22)13(17(23)19(20)25)3-2-6-26-7-9-28-10-8-26;/h2-5,11H,6-10H2,1H3;1H/b3-2+;. The first-order valence-electron chi connectivity index (χ1n) is 8.76. The summed E-state index contributed by atoms with van der Waals surface area (Å²) in [6, 6.07) is 3.98. The van der Waals surface area contributed by atoms with Crippen molar-refractivity contribution in [1.82, 2.24) is 4.90 Å². The molecule has 10 heteroatoms. The van der Waals surface area contributed by atoms with E-state index < -0.39 is 34.6 Å². The lowest BCUT2D eigenvalue weighted by atomic mass is 10.1. The smallest absolute Gasteiger partial charge is 0.205 e. The molecular formula is C20H19Cl2F4NO3. The van der Waals surface area contributed by atoms with Gasteiger partial charge in [-0.15, -0.1) is 12.4 Å². The lowest BCUT2D eigenvalue weighted by Crippen LogP contribution is -2.36. The summed E-state index contributed by atoms with van der Waals surface area (Å²) in [5, 5.41) is 0.285. The quantitative estimate of drug-likeness (QED) is 0.416. The molecule has 1 saturated heterocycles. The van der Waals surface area contributed by atoms with E-state index in [0.29, 0.717) is 32.8 Å². The average molecular weight is 468 g/mol. The van der Waals surface area contributed by atoms with Crippen LogP contribution in [0.2, 0.25) is 5.02 Å². The predicted octanol–water partition coefficient (Wildman–Crippen LogP) is 5.46. The van der Waals surface area contributed by atoms with Gasteiger partial charge in [0, 0.05) is 30.7 Å². The molecule has 0 aromatic heterocycles. The van der Waals surface area contributed by atoms with E-state index in [1.807, 2.05) is 4.90 Å². The Morgan fingerprint density at radius 3 is 2.27 bits per heavy atom. The zero-order valence-electron chi connectivity index (χ0n) is 15.9. The lowest BCUT2D eigenvalue weighted by molar-refractivity contribution is 0.0435. The van der Waals surface area contributed by atoms with E-state index >= 15 is 0 Å². The van der Waals surface area contributed by atoms with Gasteiger partial charge in [0.1, 0.15) is 0 Å². The molecule has 0 bridgehead atoms. The minimum atomic E-state index is -1.65. The average Bonchev–Trinajstić information content (AvgIpc) is 2.73. The van der Waals surface area contributed by atoms with E-state index in [9.17, 15) is 17.6 Å². The zero-order chi connectivity index (χ0) is 21.0. The third-order valence-corrected chi connectivity index (χ3v) is 4.58. The van der Waals surface area contributed by atoms with Crippen molar-refractivity contribution in [1.29, 1.82) is 0 Å². The molecule has 0 saturated carbocycles. The molecule has 1 heterocycles. The first-order chi connectivity index (χ1) is 13.9. The van der Waals surface area contributed by atoms with Crippen LogP contribution < -0.4 is 9.47 Å². The zero-order valence-corrected chi connectivity index (χ0v) is 17.5. The molecule has 2 aromatic rings. The van der Waals surface area contributed by atoms with E-state index in [0.717, 1.165) is 6.08 Å². The molecule has 1 aliphatic rings. The molecule has 1 aliphatic heterocycles. The van der Waals surface area contributed by atoms with Gasteiger partial charge in [-0.1, -0.05) is 23.8 Å². The van der Waals surface area contributed by atoms with Crippen LogP contribution in [0.5, 0.6) is 17.2 Å². The fourth-order valence-electron chi connectivity index (χ4n) is 2.80. The van der Waals surface area contributed by atoms with E-state index in [4.69, 9.17) is 25.8 Å². The molecule has 0 spiro atoms. The normalized spacial score (nSPS) is 14.6. The van der Waals surface area contributed by atoms with E-state index in [-0.39, 0.29) is 28.9 Å². The molecule has 4 nitrogen and oxygen atoms in total. The maximum absolute atomic E-state index is 14.5. The van der Waals surface area contributed by atoms with Crippen LogP contribution in [0, 0.1) is 23.3 Å². The third kappa shape index (κ3) is 5.37.